The van der Waals surface area contributed by atoms with Crippen molar-refractivity contribution < 1.29 is 9.59 Å². The zero-order valence-electron chi connectivity index (χ0n) is 11.8. The fourth-order valence-corrected chi connectivity index (χ4v) is 3.28. The molecule has 1 aliphatic carbocycles. The molecule has 1 heterocycles. The molecule has 4 nitrogen and oxygen atoms in total. The predicted molar refractivity (Wildman–Crippen MR) is 77.1 cm³/mol. The van der Waals surface area contributed by atoms with Gasteiger partial charge in [0.1, 0.15) is 0 Å². The van der Waals surface area contributed by atoms with Crippen molar-refractivity contribution in [2.75, 3.05) is 11.4 Å². The number of piperidine rings is 1. The number of hydrogen-bond donors (Lipinski definition) is 1. The van der Waals surface area contributed by atoms with Crippen molar-refractivity contribution in [3.63, 3.8) is 0 Å². The Bertz CT molecular complexity index is 519. The van der Waals surface area contributed by atoms with E-state index in [9.17, 15) is 9.59 Å². The van der Waals surface area contributed by atoms with Crippen LogP contribution in [0.5, 0.6) is 0 Å². The lowest BCUT2D eigenvalue weighted by Gasteiger charge is -2.31. The van der Waals surface area contributed by atoms with E-state index in [1.54, 1.807) is 0 Å². The maximum Gasteiger partial charge on any atom is 0.236 e. The number of carbonyl (C=O) groups excluding carboxylic acids is 2. The number of nitrogens with one attached hydrogen (secondary N) is 1. The van der Waals surface area contributed by atoms with Crippen molar-refractivity contribution in [1.29, 1.82) is 0 Å². The van der Waals surface area contributed by atoms with Gasteiger partial charge >= 0.3 is 0 Å². The van der Waals surface area contributed by atoms with Gasteiger partial charge in [-0.25, -0.2) is 4.90 Å². The number of anilines is 1. The van der Waals surface area contributed by atoms with E-state index >= 15 is 0 Å². The molecule has 0 radical (unpaired) electrons. The van der Waals surface area contributed by atoms with Gasteiger partial charge in [-0.1, -0.05) is 25.1 Å². The van der Waals surface area contributed by atoms with Crippen molar-refractivity contribution in [3.8, 4) is 0 Å². The molecular weight excluding hydrogens is 252 g/mol. The molecule has 2 amide bonds. The number of rotatable bonds is 4. The molecule has 20 heavy (non-hydrogen) atoms. The summed E-state index contributed by atoms with van der Waals surface area (Å²) in [7, 11) is 0. The van der Waals surface area contributed by atoms with Crippen molar-refractivity contribution >= 4 is 17.5 Å². The summed E-state index contributed by atoms with van der Waals surface area (Å²) in [5, 5.41) is 3.26. The lowest BCUT2D eigenvalue weighted by Crippen LogP contribution is -2.47. The van der Waals surface area contributed by atoms with Gasteiger partial charge in [0.15, 0.2) is 0 Å². The number of nitrogens with zero attached hydrogens (tertiary/aromatic N) is 1. The summed E-state index contributed by atoms with van der Waals surface area (Å²) in [6.07, 6.45) is 2.48. The van der Waals surface area contributed by atoms with Crippen LogP contribution in [0.25, 0.3) is 0 Å². The Labute approximate surface area is 119 Å². The Balaban J connectivity index is 1.95. The minimum Gasteiger partial charge on any atom is -0.313 e. The molecule has 0 aromatic heterocycles. The van der Waals surface area contributed by atoms with Crippen LogP contribution in [0.1, 0.15) is 31.7 Å². The van der Waals surface area contributed by atoms with Crippen LogP contribution in [0.3, 0.4) is 0 Å². The summed E-state index contributed by atoms with van der Waals surface area (Å²) in [5.41, 5.74) is 1.78. The molecule has 1 saturated carbocycles. The largest absolute Gasteiger partial charge is 0.313 e. The zero-order chi connectivity index (χ0) is 14.1. The third kappa shape index (κ3) is 2.14. The molecule has 1 aromatic rings. The van der Waals surface area contributed by atoms with Crippen LogP contribution >= 0.6 is 0 Å². The standard InChI is InChI=1S/C16H20N2O2/c1-2-17-10-13-5-3-4-6-14(13)18-15(19)11-7-8-12(9-11)16(18)20/h3-6,11-12,17H,2,7-10H2,1H3. The summed E-state index contributed by atoms with van der Waals surface area (Å²) < 4.78 is 0. The quantitative estimate of drug-likeness (QED) is 0.854. The second kappa shape index (κ2) is 5.37. The lowest BCUT2D eigenvalue weighted by molar-refractivity contribution is -0.133. The first kappa shape index (κ1) is 13.3. The Hall–Kier alpha value is -1.68. The van der Waals surface area contributed by atoms with Gasteiger partial charge in [-0.2, -0.15) is 0 Å². The molecule has 1 aromatic carbocycles. The molecule has 2 atom stereocenters. The van der Waals surface area contributed by atoms with E-state index in [0.717, 1.165) is 37.1 Å². The number of fused-ring (bicyclic) bond motifs is 2. The monoisotopic (exact) mass is 272 g/mol. The van der Waals surface area contributed by atoms with Crippen LogP contribution in [0, 0.1) is 11.8 Å². The van der Waals surface area contributed by atoms with Gasteiger partial charge < -0.3 is 5.32 Å². The molecule has 106 valence electrons. The number of para-hydroxylation sites is 1. The van der Waals surface area contributed by atoms with E-state index in [4.69, 9.17) is 0 Å². The molecule has 3 rings (SSSR count). The first-order valence-corrected chi connectivity index (χ1v) is 7.38. The molecule has 2 unspecified atom stereocenters. The smallest absolute Gasteiger partial charge is 0.236 e. The average molecular weight is 272 g/mol. The van der Waals surface area contributed by atoms with Crippen molar-refractivity contribution in [2.24, 2.45) is 11.8 Å². The molecular formula is C16H20N2O2. The van der Waals surface area contributed by atoms with Gasteiger partial charge in [0.05, 0.1) is 5.69 Å². The zero-order valence-corrected chi connectivity index (χ0v) is 11.8. The minimum atomic E-state index is -0.00676. The number of benzene rings is 1. The molecule has 1 saturated heterocycles. The summed E-state index contributed by atoms with van der Waals surface area (Å²) in [6, 6.07) is 7.70. The van der Waals surface area contributed by atoms with E-state index in [-0.39, 0.29) is 23.7 Å². The van der Waals surface area contributed by atoms with Gasteiger partial charge in [0.25, 0.3) is 0 Å². The van der Waals surface area contributed by atoms with E-state index in [0.29, 0.717) is 6.54 Å². The second-order valence-electron chi connectivity index (χ2n) is 5.63. The van der Waals surface area contributed by atoms with Crippen LogP contribution in [0.2, 0.25) is 0 Å². The highest BCUT2D eigenvalue weighted by molar-refractivity contribution is 6.19. The summed E-state index contributed by atoms with van der Waals surface area (Å²) >= 11 is 0. The maximum atomic E-state index is 12.5. The van der Waals surface area contributed by atoms with Crippen LogP contribution in [-0.4, -0.2) is 18.4 Å². The van der Waals surface area contributed by atoms with Gasteiger partial charge in [0.2, 0.25) is 11.8 Å². The Kier molecular flexibility index (Phi) is 3.57. The molecule has 2 aliphatic rings. The molecule has 2 bridgehead atoms. The summed E-state index contributed by atoms with van der Waals surface area (Å²) in [4.78, 5) is 26.5. The predicted octanol–water partition coefficient (Wildman–Crippen LogP) is 2.09. The maximum absolute atomic E-state index is 12.5. The van der Waals surface area contributed by atoms with E-state index in [1.165, 1.54) is 4.90 Å². The van der Waals surface area contributed by atoms with Crippen LogP contribution in [0.4, 0.5) is 5.69 Å². The lowest BCUT2D eigenvalue weighted by atomic mass is 9.95. The Morgan fingerprint density at radius 3 is 2.45 bits per heavy atom. The van der Waals surface area contributed by atoms with Gasteiger partial charge in [0, 0.05) is 18.4 Å². The number of carbonyl (C=O) groups is 2. The third-order valence-electron chi connectivity index (χ3n) is 4.37. The molecule has 1 N–H and O–H groups in total. The molecule has 1 aliphatic heterocycles. The highest BCUT2D eigenvalue weighted by atomic mass is 16.2. The second-order valence-corrected chi connectivity index (χ2v) is 5.63. The van der Waals surface area contributed by atoms with E-state index in [2.05, 4.69) is 5.32 Å². The SMILES string of the molecule is CCNCc1ccccc1N1C(=O)C2CCC(C2)C1=O. The Morgan fingerprint density at radius 2 is 1.80 bits per heavy atom. The number of imide groups is 1. The minimum absolute atomic E-state index is 0.00676. The highest BCUT2D eigenvalue weighted by Gasteiger charge is 2.46. The Morgan fingerprint density at radius 1 is 1.15 bits per heavy atom. The molecule has 4 heteroatoms. The van der Waals surface area contributed by atoms with Gasteiger partial charge in [-0.15, -0.1) is 0 Å². The van der Waals surface area contributed by atoms with Gasteiger partial charge in [-0.05, 0) is 37.4 Å². The van der Waals surface area contributed by atoms with Crippen molar-refractivity contribution in [1.82, 2.24) is 5.32 Å². The van der Waals surface area contributed by atoms with Gasteiger partial charge in [-0.3, -0.25) is 9.59 Å². The number of amides is 2. The van der Waals surface area contributed by atoms with Crippen LogP contribution in [-0.2, 0) is 16.1 Å². The normalized spacial score (nSPS) is 25.4. The van der Waals surface area contributed by atoms with Crippen LogP contribution in [0.15, 0.2) is 24.3 Å². The molecule has 0 spiro atoms. The fraction of sp³-hybridized carbons (Fsp3) is 0.500. The summed E-state index contributed by atoms with van der Waals surface area (Å²) in [5.74, 6) is 0.0789. The fourth-order valence-electron chi connectivity index (χ4n) is 3.28. The van der Waals surface area contributed by atoms with E-state index < -0.39 is 0 Å². The highest BCUT2D eigenvalue weighted by Crippen LogP contribution is 2.40. The molecule has 2 fully saturated rings. The first-order chi connectivity index (χ1) is 9.72. The van der Waals surface area contributed by atoms with Crippen LogP contribution < -0.4 is 10.2 Å². The first-order valence-electron chi connectivity index (χ1n) is 7.38. The average Bonchev–Trinajstić information content (AvgIpc) is 2.91. The third-order valence-corrected chi connectivity index (χ3v) is 4.37. The van der Waals surface area contributed by atoms with Crippen molar-refractivity contribution in [2.45, 2.75) is 32.7 Å². The summed E-state index contributed by atoms with van der Waals surface area (Å²) in [6.45, 7) is 3.58. The van der Waals surface area contributed by atoms with E-state index in [1.807, 2.05) is 31.2 Å². The number of hydrogen-bond acceptors (Lipinski definition) is 3. The van der Waals surface area contributed by atoms with Crippen molar-refractivity contribution in [3.05, 3.63) is 29.8 Å². The topological polar surface area (TPSA) is 49.4 Å².